The van der Waals surface area contributed by atoms with Crippen molar-refractivity contribution in [3.63, 3.8) is 0 Å². The van der Waals surface area contributed by atoms with Gasteiger partial charge < -0.3 is 15.0 Å². The minimum atomic E-state index is -0.602. The fourth-order valence-corrected chi connectivity index (χ4v) is 2.27. The van der Waals surface area contributed by atoms with Crippen molar-refractivity contribution in [1.82, 2.24) is 14.7 Å². The topological polar surface area (TPSA) is 59.4 Å². The molecule has 23 heavy (non-hydrogen) atoms. The van der Waals surface area contributed by atoms with Gasteiger partial charge in [0, 0.05) is 17.2 Å². The van der Waals surface area contributed by atoms with Gasteiger partial charge in [-0.25, -0.2) is 0 Å². The van der Waals surface area contributed by atoms with E-state index in [9.17, 15) is 4.79 Å². The van der Waals surface area contributed by atoms with Gasteiger partial charge in [-0.3, -0.25) is 9.48 Å². The molecule has 1 amide bonds. The first-order valence-electron chi connectivity index (χ1n) is 7.34. The molecule has 0 saturated carbocycles. The first-order chi connectivity index (χ1) is 10.9. The molecule has 1 heterocycles. The lowest BCUT2D eigenvalue weighted by Gasteiger charge is -2.14. The largest absolute Gasteiger partial charge is 0.481 e. The van der Waals surface area contributed by atoms with Crippen LogP contribution in [0.15, 0.2) is 41.1 Å². The van der Waals surface area contributed by atoms with E-state index in [0.717, 1.165) is 17.6 Å². The predicted octanol–water partition coefficient (Wildman–Crippen LogP) is 2.61. The molecule has 0 radical (unpaired) electrons. The average molecular weight is 381 g/mol. The van der Waals surface area contributed by atoms with Crippen LogP contribution in [0.1, 0.15) is 6.92 Å². The summed E-state index contributed by atoms with van der Waals surface area (Å²) < 4.78 is 8.35. The molecule has 0 aliphatic rings. The number of carbonyl (C=O) groups excluding carboxylic acids is 1. The molecule has 1 atom stereocenters. The second-order valence-corrected chi connectivity index (χ2v) is 6.42. The zero-order valence-corrected chi connectivity index (χ0v) is 15.1. The number of nitrogens with zero attached hydrogens (tertiary/aromatic N) is 3. The fraction of sp³-hybridized carbons (Fsp3) is 0.375. The average Bonchev–Trinajstić information content (AvgIpc) is 2.92. The zero-order chi connectivity index (χ0) is 16.8. The summed E-state index contributed by atoms with van der Waals surface area (Å²) in [5.74, 6) is 0.431. The van der Waals surface area contributed by atoms with E-state index in [0.29, 0.717) is 11.4 Å². The number of hydrogen-bond acceptors (Lipinski definition) is 4. The van der Waals surface area contributed by atoms with Crippen LogP contribution in [0.25, 0.3) is 0 Å². The lowest BCUT2D eigenvalue weighted by molar-refractivity contribution is -0.122. The van der Waals surface area contributed by atoms with Crippen LogP contribution < -0.4 is 10.1 Å². The number of likely N-dealkylation sites (N-methyl/N-ethyl adjacent to an activating group) is 1. The molecule has 2 rings (SSSR count). The standard InChI is InChI=1S/C16H21BrN4O2/c1-12(23-15-6-4-5-13(17)9-15)16(22)19-14-10-18-21(11-14)8-7-20(2)3/h4-6,9-12H,7-8H2,1-3H3,(H,19,22). The van der Waals surface area contributed by atoms with Gasteiger partial charge in [0.1, 0.15) is 5.75 Å². The maximum absolute atomic E-state index is 12.2. The van der Waals surface area contributed by atoms with Crippen LogP contribution in [0.2, 0.25) is 0 Å². The third-order valence-corrected chi connectivity index (χ3v) is 3.65. The summed E-state index contributed by atoms with van der Waals surface area (Å²) in [5, 5.41) is 7.04. The molecule has 0 saturated heterocycles. The summed E-state index contributed by atoms with van der Waals surface area (Å²) in [6.45, 7) is 3.37. The minimum Gasteiger partial charge on any atom is -0.481 e. The monoisotopic (exact) mass is 380 g/mol. The lowest BCUT2D eigenvalue weighted by atomic mass is 10.3. The van der Waals surface area contributed by atoms with Crippen molar-refractivity contribution in [1.29, 1.82) is 0 Å². The van der Waals surface area contributed by atoms with Gasteiger partial charge in [0.15, 0.2) is 6.10 Å². The number of amides is 1. The lowest BCUT2D eigenvalue weighted by Crippen LogP contribution is -2.30. The second-order valence-electron chi connectivity index (χ2n) is 5.50. The number of ether oxygens (including phenoxy) is 1. The highest BCUT2D eigenvalue weighted by Crippen LogP contribution is 2.19. The highest BCUT2D eigenvalue weighted by molar-refractivity contribution is 9.10. The van der Waals surface area contributed by atoms with Gasteiger partial charge in [0.25, 0.3) is 5.91 Å². The molecule has 0 fully saturated rings. The predicted molar refractivity (Wildman–Crippen MR) is 93.6 cm³/mol. The number of anilines is 1. The van der Waals surface area contributed by atoms with Crippen LogP contribution in [0.5, 0.6) is 5.75 Å². The van der Waals surface area contributed by atoms with E-state index in [4.69, 9.17) is 4.74 Å². The number of rotatable bonds is 7. The number of halogens is 1. The van der Waals surface area contributed by atoms with E-state index in [1.54, 1.807) is 17.8 Å². The Morgan fingerprint density at radius 1 is 1.48 bits per heavy atom. The van der Waals surface area contributed by atoms with Crippen molar-refractivity contribution in [2.45, 2.75) is 19.6 Å². The van der Waals surface area contributed by atoms with E-state index < -0.39 is 6.10 Å². The molecule has 0 aliphatic heterocycles. The van der Waals surface area contributed by atoms with Gasteiger partial charge in [0.2, 0.25) is 0 Å². The molecule has 1 N–H and O–H groups in total. The van der Waals surface area contributed by atoms with Crippen LogP contribution in [0.4, 0.5) is 5.69 Å². The molecular formula is C16H21BrN4O2. The number of hydrogen-bond donors (Lipinski definition) is 1. The summed E-state index contributed by atoms with van der Waals surface area (Å²) in [4.78, 5) is 14.3. The second kappa shape index (κ2) is 8.12. The quantitative estimate of drug-likeness (QED) is 0.801. The highest BCUT2D eigenvalue weighted by atomic mass is 79.9. The van der Waals surface area contributed by atoms with Crippen LogP contribution in [0, 0.1) is 0 Å². The Kier molecular flexibility index (Phi) is 6.18. The molecule has 1 aromatic carbocycles. The van der Waals surface area contributed by atoms with E-state index >= 15 is 0 Å². The SMILES string of the molecule is CC(Oc1cccc(Br)c1)C(=O)Nc1cnn(CCN(C)C)c1. The minimum absolute atomic E-state index is 0.211. The summed E-state index contributed by atoms with van der Waals surface area (Å²) >= 11 is 3.38. The third kappa shape index (κ3) is 5.69. The van der Waals surface area contributed by atoms with Crippen molar-refractivity contribution in [3.05, 3.63) is 41.1 Å². The maximum atomic E-state index is 12.2. The van der Waals surface area contributed by atoms with E-state index in [2.05, 4.69) is 31.2 Å². The number of aromatic nitrogens is 2. The summed E-state index contributed by atoms with van der Waals surface area (Å²) in [6.07, 6.45) is 2.85. The first-order valence-corrected chi connectivity index (χ1v) is 8.13. The summed E-state index contributed by atoms with van der Waals surface area (Å²) in [6, 6.07) is 7.40. The zero-order valence-electron chi connectivity index (χ0n) is 13.5. The number of benzene rings is 1. The number of carbonyl (C=O) groups is 1. The van der Waals surface area contributed by atoms with Gasteiger partial charge in [-0.05, 0) is 39.2 Å². The smallest absolute Gasteiger partial charge is 0.265 e. The van der Waals surface area contributed by atoms with Gasteiger partial charge in [-0.15, -0.1) is 0 Å². The molecule has 2 aromatic rings. The van der Waals surface area contributed by atoms with Gasteiger partial charge >= 0.3 is 0 Å². The maximum Gasteiger partial charge on any atom is 0.265 e. The Hall–Kier alpha value is -1.86. The fourth-order valence-electron chi connectivity index (χ4n) is 1.89. The molecule has 0 bridgehead atoms. The Morgan fingerprint density at radius 3 is 2.96 bits per heavy atom. The Balaban J connectivity index is 1.88. The van der Waals surface area contributed by atoms with Crippen molar-refractivity contribution in [3.8, 4) is 5.75 Å². The van der Waals surface area contributed by atoms with Crippen molar-refractivity contribution in [2.75, 3.05) is 26.0 Å². The molecule has 1 aromatic heterocycles. The normalized spacial score (nSPS) is 12.2. The van der Waals surface area contributed by atoms with E-state index in [1.807, 2.05) is 44.6 Å². The van der Waals surface area contributed by atoms with Crippen LogP contribution >= 0.6 is 15.9 Å². The Morgan fingerprint density at radius 2 is 2.26 bits per heavy atom. The molecule has 1 unspecified atom stereocenters. The Bertz CT molecular complexity index is 657. The van der Waals surface area contributed by atoms with E-state index in [-0.39, 0.29) is 5.91 Å². The first kappa shape index (κ1) is 17.5. The molecule has 7 heteroatoms. The Labute approximate surface area is 144 Å². The van der Waals surface area contributed by atoms with Gasteiger partial charge in [-0.2, -0.15) is 5.10 Å². The van der Waals surface area contributed by atoms with Crippen LogP contribution in [-0.4, -0.2) is 47.3 Å². The third-order valence-electron chi connectivity index (χ3n) is 3.16. The van der Waals surface area contributed by atoms with Crippen molar-refractivity contribution >= 4 is 27.5 Å². The molecule has 124 valence electrons. The van der Waals surface area contributed by atoms with Crippen molar-refractivity contribution in [2.24, 2.45) is 0 Å². The van der Waals surface area contributed by atoms with Gasteiger partial charge in [-0.1, -0.05) is 22.0 Å². The summed E-state index contributed by atoms with van der Waals surface area (Å²) in [7, 11) is 4.01. The number of nitrogens with one attached hydrogen (secondary N) is 1. The van der Waals surface area contributed by atoms with E-state index in [1.165, 1.54) is 0 Å². The molecule has 0 aliphatic carbocycles. The van der Waals surface area contributed by atoms with Gasteiger partial charge in [0.05, 0.1) is 18.4 Å². The molecular weight excluding hydrogens is 360 g/mol. The van der Waals surface area contributed by atoms with Crippen LogP contribution in [-0.2, 0) is 11.3 Å². The molecule has 0 spiro atoms. The van der Waals surface area contributed by atoms with Crippen molar-refractivity contribution < 1.29 is 9.53 Å². The molecule has 6 nitrogen and oxygen atoms in total. The van der Waals surface area contributed by atoms with Crippen LogP contribution in [0.3, 0.4) is 0 Å². The summed E-state index contributed by atoms with van der Waals surface area (Å²) in [5.41, 5.74) is 0.665. The highest BCUT2D eigenvalue weighted by Gasteiger charge is 2.15.